The molecule has 0 bridgehead atoms. The standard InChI is InChI=1S/C12H13ClN2O3S2/c1-8-11(19-12(13)15-8)20(17,18)14-6-9-3-2-4-10(5-9)7-16/h2-5,14,16H,6-7H2,1H3. The highest BCUT2D eigenvalue weighted by Crippen LogP contribution is 2.26. The fourth-order valence-corrected chi connectivity index (χ4v) is 4.48. The van der Waals surface area contributed by atoms with E-state index >= 15 is 0 Å². The summed E-state index contributed by atoms with van der Waals surface area (Å²) in [7, 11) is -3.63. The van der Waals surface area contributed by atoms with Crippen LogP contribution in [0.25, 0.3) is 0 Å². The van der Waals surface area contributed by atoms with Gasteiger partial charge in [-0.3, -0.25) is 0 Å². The quantitative estimate of drug-likeness (QED) is 0.878. The van der Waals surface area contributed by atoms with Crippen LogP contribution in [-0.2, 0) is 23.2 Å². The smallest absolute Gasteiger partial charge is 0.252 e. The number of nitrogens with one attached hydrogen (secondary N) is 1. The summed E-state index contributed by atoms with van der Waals surface area (Å²) in [6, 6.07) is 7.07. The molecule has 0 saturated heterocycles. The molecule has 0 radical (unpaired) electrons. The second kappa shape index (κ2) is 6.19. The molecule has 1 heterocycles. The number of thiazole rings is 1. The van der Waals surface area contributed by atoms with E-state index in [1.54, 1.807) is 31.2 Å². The molecular weight excluding hydrogens is 320 g/mol. The summed E-state index contributed by atoms with van der Waals surface area (Å²) in [6.45, 7) is 1.67. The number of aromatic nitrogens is 1. The number of hydrogen-bond donors (Lipinski definition) is 2. The zero-order chi connectivity index (χ0) is 14.8. The average molecular weight is 333 g/mol. The Morgan fingerprint density at radius 3 is 2.70 bits per heavy atom. The zero-order valence-electron chi connectivity index (χ0n) is 10.6. The molecule has 2 aromatic rings. The Morgan fingerprint density at radius 2 is 2.10 bits per heavy atom. The van der Waals surface area contributed by atoms with E-state index in [2.05, 4.69) is 9.71 Å². The van der Waals surface area contributed by atoms with Gasteiger partial charge in [0.25, 0.3) is 10.0 Å². The molecule has 0 aliphatic carbocycles. The Kier molecular flexibility index (Phi) is 4.77. The van der Waals surface area contributed by atoms with E-state index in [-0.39, 0.29) is 21.8 Å². The molecule has 0 atom stereocenters. The Balaban J connectivity index is 2.15. The predicted molar refractivity (Wildman–Crippen MR) is 78.3 cm³/mol. The lowest BCUT2D eigenvalue weighted by atomic mass is 10.1. The maximum absolute atomic E-state index is 12.1. The molecular formula is C12H13ClN2O3S2. The first-order valence-electron chi connectivity index (χ1n) is 5.73. The monoisotopic (exact) mass is 332 g/mol. The van der Waals surface area contributed by atoms with Crippen LogP contribution in [0.3, 0.4) is 0 Å². The van der Waals surface area contributed by atoms with Gasteiger partial charge in [0, 0.05) is 6.54 Å². The van der Waals surface area contributed by atoms with Crippen LogP contribution in [0.15, 0.2) is 28.5 Å². The third-order valence-corrected chi connectivity index (χ3v) is 5.88. The van der Waals surface area contributed by atoms with E-state index in [1.165, 1.54) is 0 Å². The van der Waals surface area contributed by atoms with Crippen LogP contribution < -0.4 is 4.72 Å². The minimum atomic E-state index is -3.63. The number of sulfonamides is 1. The van der Waals surface area contributed by atoms with E-state index < -0.39 is 10.0 Å². The molecule has 2 rings (SSSR count). The molecule has 0 fully saturated rings. The summed E-state index contributed by atoms with van der Waals surface area (Å²) in [5.74, 6) is 0. The van der Waals surface area contributed by atoms with Crippen LogP contribution in [0.5, 0.6) is 0 Å². The third kappa shape index (κ3) is 3.56. The molecule has 0 spiro atoms. The molecule has 8 heteroatoms. The SMILES string of the molecule is Cc1nc(Cl)sc1S(=O)(=O)NCc1cccc(CO)c1. The average Bonchev–Trinajstić information content (AvgIpc) is 2.77. The first kappa shape index (κ1) is 15.4. The van der Waals surface area contributed by atoms with E-state index in [9.17, 15) is 8.42 Å². The maximum Gasteiger partial charge on any atom is 0.252 e. The van der Waals surface area contributed by atoms with E-state index in [0.717, 1.165) is 22.5 Å². The number of nitrogens with zero attached hydrogens (tertiary/aromatic N) is 1. The second-order valence-corrected chi connectivity index (χ2v) is 7.69. The molecule has 1 aromatic heterocycles. The molecule has 0 unspecified atom stereocenters. The summed E-state index contributed by atoms with van der Waals surface area (Å²) in [5, 5.41) is 9.05. The van der Waals surface area contributed by atoms with Gasteiger partial charge < -0.3 is 5.11 Å². The lowest BCUT2D eigenvalue weighted by molar-refractivity contribution is 0.281. The fraction of sp³-hybridized carbons (Fsp3) is 0.250. The van der Waals surface area contributed by atoms with Crippen molar-refractivity contribution in [1.82, 2.24) is 9.71 Å². The minimum absolute atomic E-state index is 0.0792. The first-order chi connectivity index (χ1) is 9.42. The number of hydrogen-bond acceptors (Lipinski definition) is 5. The molecule has 20 heavy (non-hydrogen) atoms. The zero-order valence-corrected chi connectivity index (χ0v) is 13.0. The van der Waals surface area contributed by atoms with Gasteiger partial charge in [-0.2, -0.15) is 0 Å². The Morgan fingerprint density at radius 1 is 1.40 bits per heavy atom. The molecule has 108 valence electrons. The van der Waals surface area contributed by atoms with Gasteiger partial charge in [0.2, 0.25) is 0 Å². The number of aryl methyl sites for hydroxylation is 1. The number of halogens is 1. The van der Waals surface area contributed by atoms with Crippen molar-refractivity contribution in [3.05, 3.63) is 45.6 Å². The van der Waals surface area contributed by atoms with E-state index in [1.807, 2.05) is 0 Å². The Labute approximate surface area is 126 Å². The Hall–Kier alpha value is -0.990. The second-order valence-electron chi connectivity index (χ2n) is 4.14. The highest BCUT2D eigenvalue weighted by molar-refractivity contribution is 7.91. The molecule has 2 N–H and O–H groups in total. The van der Waals surface area contributed by atoms with Crippen molar-refractivity contribution >= 4 is 33.0 Å². The molecule has 1 aromatic carbocycles. The summed E-state index contributed by atoms with van der Waals surface area (Å²) >= 11 is 6.64. The van der Waals surface area contributed by atoms with Crippen molar-refractivity contribution in [2.45, 2.75) is 24.3 Å². The number of benzene rings is 1. The third-order valence-electron chi connectivity index (χ3n) is 2.61. The molecule has 0 saturated carbocycles. The van der Waals surface area contributed by atoms with Crippen LogP contribution in [0.4, 0.5) is 0 Å². The molecule has 0 aliphatic heterocycles. The fourth-order valence-electron chi connectivity index (χ4n) is 1.68. The van der Waals surface area contributed by atoms with Crippen molar-refractivity contribution in [1.29, 1.82) is 0 Å². The highest BCUT2D eigenvalue weighted by atomic mass is 35.5. The lowest BCUT2D eigenvalue weighted by Crippen LogP contribution is -2.23. The van der Waals surface area contributed by atoms with Crippen molar-refractivity contribution in [3.8, 4) is 0 Å². The molecule has 5 nitrogen and oxygen atoms in total. The summed E-state index contributed by atoms with van der Waals surface area (Å²) in [4.78, 5) is 3.89. The van der Waals surface area contributed by atoms with Gasteiger partial charge in [0.15, 0.2) is 8.68 Å². The van der Waals surface area contributed by atoms with Crippen LogP contribution in [0.2, 0.25) is 4.47 Å². The Bertz CT molecular complexity index is 713. The van der Waals surface area contributed by atoms with Crippen LogP contribution in [0.1, 0.15) is 16.8 Å². The molecule has 0 amide bonds. The van der Waals surface area contributed by atoms with Crippen molar-refractivity contribution in [2.24, 2.45) is 0 Å². The summed E-state index contributed by atoms with van der Waals surface area (Å²) in [5.41, 5.74) is 1.89. The number of aliphatic hydroxyl groups excluding tert-OH is 1. The lowest BCUT2D eigenvalue weighted by Gasteiger charge is -2.06. The van der Waals surface area contributed by atoms with Crippen LogP contribution >= 0.6 is 22.9 Å². The van der Waals surface area contributed by atoms with Crippen molar-refractivity contribution < 1.29 is 13.5 Å². The predicted octanol–water partition coefficient (Wildman–Crippen LogP) is 2.08. The largest absolute Gasteiger partial charge is 0.392 e. The van der Waals surface area contributed by atoms with E-state index in [4.69, 9.17) is 16.7 Å². The van der Waals surface area contributed by atoms with E-state index in [0.29, 0.717) is 5.69 Å². The van der Waals surface area contributed by atoms with Crippen LogP contribution in [-0.4, -0.2) is 18.5 Å². The minimum Gasteiger partial charge on any atom is -0.392 e. The van der Waals surface area contributed by atoms with Gasteiger partial charge in [0.1, 0.15) is 0 Å². The number of aliphatic hydroxyl groups is 1. The van der Waals surface area contributed by atoms with Gasteiger partial charge in [-0.1, -0.05) is 47.2 Å². The topological polar surface area (TPSA) is 79.3 Å². The van der Waals surface area contributed by atoms with Gasteiger partial charge in [-0.25, -0.2) is 18.1 Å². The summed E-state index contributed by atoms with van der Waals surface area (Å²) in [6.07, 6.45) is 0. The number of rotatable bonds is 5. The van der Waals surface area contributed by atoms with Gasteiger partial charge >= 0.3 is 0 Å². The highest BCUT2D eigenvalue weighted by Gasteiger charge is 2.21. The first-order valence-corrected chi connectivity index (χ1v) is 8.41. The molecule has 0 aliphatic rings. The van der Waals surface area contributed by atoms with Gasteiger partial charge in [-0.05, 0) is 18.1 Å². The van der Waals surface area contributed by atoms with Gasteiger partial charge in [0.05, 0.1) is 12.3 Å². The maximum atomic E-state index is 12.1. The van der Waals surface area contributed by atoms with Crippen molar-refractivity contribution in [3.63, 3.8) is 0 Å². The van der Waals surface area contributed by atoms with Crippen LogP contribution in [0, 0.1) is 6.92 Å². The normalized spacial score (nSPS) is 11.8. The van der Waals surface area contributed by atoms with Gasteiger partial charge in [-0.15, -0.1) is 0 Å². The van der Waals surface area contributed by atoms with Crippen molar-refractivity contribution in [2.75, 3.05) is 0 Å². The summed E-state index contributed by atoms with van der Waals surface area (Å²) < 4.78 is 27.1.